The Bertz CT molecular complexity index is 467. The summed E-state index contributed by atoms with van der Waals surface area (Å²) in [5.41, 5.74) is 2.07. The van der Waals surface area contributed by atoms with Crippen LogP contribution in [-0.2, 0) is 9.53 Å². The smallest absolute Gasteiger partial charge is 0.339 e. The number of benzene rings is 1. The molecule has 1 atom stereocenters. The normalized spacial score (nSPS) is 11.9. The number of esters is 1. The summed E-state index contributed by atoms with van der Waals surface area (Å²) in [5, 5.41) is 10.1. The Hall–Kier alpha value is -1.75. The van der Waals surface area contributed by atoms with E-state index in [9.17, 15) is 9.90 Å². The standard InChI is InChI=1S/C14H20O5/c1-6-19-14(16)12(15)10-7-11(17-4)8(2)9(3)13(10)18-5/h7,12,15H,6H2,1-5H3. The van der Waals surface area contributed by atoms with Gasteiger partial charge in [0.2, 0.25) is 0 Å². The van der Waals surface area contributed by atoms with Crippen LogP contribution in [-0.4, -0.2) is 31.9 Å². The third-order valence-electron chi connectivity index (χ3n) is 3.05. The van der Waals surface area contributed by atoms with Crippen molar-refractivity contribution in [2.45, 2.75) is 26.9 Å². The first-order chi connectivity index (χ1) is 8.97. The second-order valence-corrected chi connectivity index (χ2v) is 4.11. The van der Waals surface area contributed by atoms with Crippen molar-refractivity contribution in [1.29, 1.82) is 0 Å². The maximum absolute atomic E-state index is 11.6. The molecule has 0 saturated heterocycles. The van der Waals surface area contributed by atoms with Gasteiger partial charge in [0.25, 0.3) is 0 Å². The van der Waals surface area contributed by atoms with E-state index in [1.54, 1.807) is 13.0 Å². The molecule has 1 rings (SSSR count). The molecule has 5 heteroatoms. The van der Waals surface area contributed by atoms with Gasteiger partial charge in [-0.2, -0.15) is 0 Å². The van der Waals surface area contributed by atoms with Crippen molar-refractivity contribution >= 4 is 5.97 Å². The Morgan fingerprint density at radius 3 is 2.37 bits per heavy atom. The third kappa shape index (κ3) is 2.98. The molecule has 0 bridgehead atoms. The molecule has 0 aliphatic heterocycles. The molecular weight excluding hydrogens is 248 g/mol. The molecule has 0 heterocycles. The number of hydrogen-bond donors (Lipinski definition) is 1. The molecule has 1 aromatic rings. The SMILES string of the molecule is CCOC(=O)C(O)c1cc(OC)c(C)c(C)c1OC. The summed E-state index contributed by atoms with van der Waals surface area (Å²) in [4.78, 5) is 11.6. The molecule has 1 aromatic carbocycles. The molecule has 0 aliphatic rings. The van der Waals surface area contributed by atoms with Gasteiger partial charge in [-0.05, 0) is 38.0 Å². The van der Waals surface area contributed by atoms with Crippen molar-refractivity contribution in [3.8, 4) is 11.5 Å². The van der Waals surface area contributed by atoms with Crippen molar-refractivity contribution in [3.63, 3.8) is 0 Å². The molecule has 0 spiro atoms. The van der Waals surface area contributed by atoms with E-state index in [4.69, 9.17) is 14.2 Å². The van der Waals surface area contributed by atoms with Crippen molar-refractivity contribution in [2.24, 2.45) is 0 Å². The highest BCUT2D eigenvalue weighted by Gasteiger charge is 2.25. The van der Waals surface area contributed by atoms with E-state index in [-0.39, 0.29) is 6.61 Å². The van der Waals surface area contributed by atoms with E-state index >= 15 is 0 Å². The third-order valence-corrected chi connectivity index (χ3v) is 3.05. The van der Waals surface area contributed by atoms with Gasteiger partial charge in [0, 0.05) is 5.56 Å². The Labute approximate surface area is 113 Å². The second-order valence-electron chi connectivity index (χ2n) is 4.11. The summed E-state index contributed by atoms with van der Waals surface area (Å²) in [5.74, 6) is 0.363. The zero-order chi connectivity index (χ0) is 14.6. The predicted octanol–water partition coefficient (Wildman–Crippen LogP) is 1.92. The van der Waals surface area contributed by atoms with Gasteiger partial charge in [-0.25, -0.2) is 4.79 Å². The lowest BCUT2D eigenvalue weighted by atomic mass is 9.99. The fourth-order valence-electron chi connectivity index (χ4n) is 1.92. The number of aliphatic hydroxyl groups is 1. The summed E-state index contributed by atoms with van der Waals surface area (Å²) in [6.45, 7) is 5.62. The molecule has 0 amide bonds. The minimum atomic E-state index is -1.39. The van der Waals surface area contributed by atoms with Crippen LogP contribution in [0.25, 0.3) is 0 Å². The number of carbonyl (C=O) groups is 1. The molecule has 0 aromatic heterocycles. The van der Waals surface area contributed by atoms with Gasteiger partial charge in [-0.1, -0.05) is 0 Å². The van der Waals surface area contributed by atoms with Gasteiger partial charge >= 0.3 is 5.97 Å². The minimum absolute atomic E-state index is 0.209. The zero-order valence-electron chi connectivity index (χ0n) is 11.9. The second kappa shape index (κ2) is 6.43. The predicted molar refractivity (Wildman–Crippen MR) is 70.6 cm³/mol. The number of hydrogen-bond acceptors (Lipinski definition) is 5. The average molecular weight is 268 g/mol. The highest BCUT2D eigenvalue weighted by Crippen LogP contribution is 2.36. The van der Waals surface area contributed by atoms with Crippen LogP contribution in [0.1, 0.15) is 29.7 Å². The molecule has 0 radical (unpaired) electrons. The quantitative estimate of drug-likeness (QED) is 0.826. The highest BCUT2D eigenvalue weighted by molar-refractivity contribution is 5.78. The summed E-state index contributed by atoms with van der Waals surface area (Å²) >= 11 is 0. The first-order valence-electron chi connectivity index (χ1n) is 6.04. The molecule has 1 unspecified atom stereocenters. The number of ether oxygens (including phenoxy) is 3. The van der Waals surface area contributed by atoms with Crippen LogP contribution in [0.4, 0.5) is 0 Å². The molecule has 19 heavy (non-hydrogen) atoms. The van der Waals surface area contributed by atoms with Crippen molar-refractivity contribution in [1.82, 2.24) is 0 Å². The number of carbonyl (C=O) groups excluding carboxylic acids is 1. The molecule has 106 valence electrons. The molecule has 0 saturated carbocycles. The minimum Gasteiger partial charge on any atom is -0.496 e. The first-order valence-corrected chi connectivity index (χ1v) is 6.04. The maximum Gasteiger partial charge on any atom is 0.339 e. The van der Waals surface area contributed by atoms with Gasteiger partial charge in [0.05, 0.1) is 20.8 Å². The number of aliphatic hydroxyl groups excluding tert-OH is 1. The summed E-state index contributed by atoms with van der Waals surface area (Å²) in [6.07, 6.45) is -1.39. The van der Waals surface area contributed by atoms with Crippen LogP contribution in [0.2, 0.25) is 0 Å². The Morgan fingerprint density at radius 1 is 1.26 bits per heavy atom. The lowest BCUT2D eigenvalue weighted by Crippen LogP contribution is -2.17. The molecule has 0 aliphatic carbocycles. The highest BCUT2D eigenvalue weighted by atomic mass is 16.5. The summed E-state index contributed by atoms with van der Waals surface area (Å²) in [6, 6.07) is 1.60. The van der Waals surface area contributed by atoms with Crippen LogP contribution in [0.5, 0.6) is 11.5 Å². The molecule has 1 N–H and O–H groups in total. The topological polar surface area (TPSA) is 65.0 Å². The van der Waals surface area contributed by atoms with E-state index in [2.05, 4.69) is 0 Å². The van der Waals surface area contributed by atoms with Crippen molar-refractivity contribution in [2.75, 3.05) is 20.8 Å². The van der Waals surface area contributed by atoms with Gasteiger partial charge < -0.3 is 19.3 Å². The zero-order valence-corrected chi connectivity index (χ0v) is 11.9. The van der Waals surface area contributed by atoms with Crippen molar-refractivity contribution < 1.29 is 24.1 Å². The monoisotopic (exact) mass is 268 g/mol. The van der Waals surface area contributed by atoms with Crippen LogP contribution >= 0.6 is 0 Å². The number of rotatable bonds is 5. The fraction of sp³-hybridized carbons (Fsp3) is 0.500. The summed E-state index contributed by atoms with van der Waals surface area (Å²) < 4.78 is 15.3. The van der Waals surface area contributed by atoms with Gasteiger partial charge in [0.15, 0.2) is 6.10 Å². The largest absolute Gasteiger partial charge is 0.496 e. The van der Waals surface area contributed by atoms with Gasteiger partial charge in [-0.15, -0.1) is 0 Å². The Kier molecular flexibility index (Phi) is 5.18. The van der Waals surface area contributed by atoms with E-state index < -0.39 is 12.1 Å². The molecule has 0 fully saturated rings. The number of methoxy groups -OCH3 is 2. The Morgan fingerprint density at radius 2 is 1.89 bits per heavy atom. The van der Waals surface area contributed by atoms with Crippen LogP contribution < -0.4 is 9.47 Å². The van der Waals surface area contributed by atoms with E-state index in [0.717, 1.165) is 11.1 Å². The summed E-state index contributed by atoms with van der Waals surface area (Å²) in [7, 11) is 3.03. The lowest BCUT2D eigenvalue weighted by Gasteiger charge is -2.19. The fourth-order valence-corrected chi connectivity index (χ4v) is 1.92. The Balaban J connectivity index is 3.33. The van der Waals surface area contributed by atoms with Gasteiger partial charge in [-0.3, -0.25) is 0 Å². The molecule has 5 nitrogen and oxygen atoms in total. The van der Waals surface area contributed by atoms with Crippen LogP contribution in [0.15, 0.2) is 6.07 Å². The first kappa shape index (κ1) is 15.3. The van der Waals surface area contributed by atoms with Crippen LogP contribution in [0.3, 0.4) is 0 Å². The van der Waals surface area contributed by atoms with E-state index in [0.29, 0.717) is 17.1 Å². The van der Waals surface area contributed by atoms with Gasteiger partial charge in [0.1, 0.15) is 11.5 Å². The average Bonchev–Trinajstić information content (AvgIpc) is 2.41. The van der Waals surface area contributed by atoms with Crippen molar-refractivity contribution in [3.05, 3.63) is 22.8 Å². The maximum atomic E-state index is 11.6. The van der Waals surface area contributed by atoms with E-state index in [1.165, 1.54) is 14.2 Å². The lowest BCUT2D eigenvalue weighted by molar-refractivity contribution is -0.153. The van der Waals surface area contributed by atoms with Crippen LogP contribution in [0, 0.1) is 13.8 Å². The molecular formula is C14H20O5. The van der Waals surface area contributed by atoms with E-state index in [1.807, 2.05) is 13.8 Å².